The van der Waals surface area contributed by atoms with E-state index in [1.807, 2.05) is 44.2 Å². The minimum Gasteiger partial charge on any atom is -0.374 e. The number of hydrogen-bond acceptors (Lipinski definition) is 3. The lowest BCUT2D eigenvalue weighted by Crippen LogP contribution is -2.25. The Morgan fingerprint density at radius 1 is 1.22 bits per heavy atom. The second-order valence-corrected chi connectivity index (χ2v) is 6.19. The van der Waals surface area contributed by atoms with Crippen LogP contribution in [0.25, 0.3) is 11.1 Å². The summed E-state index contributed by atoms with van der Waals surface area (Å²) in [6.45, 7) is 0.911. The monoisotopic (exact) mass is 317 g/mol. The molecule has 0 unspecified atom stereocenters. The average molecular weight is 317 g/mol. The molecule has 1 aliphatic rings. The Morgan fingerprint density at radius 3 is 2.61 bits per heavy atom. The molecule has 1 aliphatic heterocycles. The third-order valence-corrected chi connectivity index (χ3v) is 4.35. The molecule has 0 atom stereocenters. The number of aromatic nitrogens is 1. The minimum absolute atomic E-state index is 0.0805. The molecule has 0 bridgehead atoms. The number of pyridine rings is 1. The van der Waals surface area contributed by atoms with Crippen LogP contribution in [0.2, 0.25) is 0 Å². The van der Waals surface area contributed by atoms with E-state index in [4.69, 9.17) is 0 Å². The fourth-order valence-corrected chi connectivity index (χ4v) is 3.07. The van der Waals surface area contributed by atoms with Gasteiger partial charge in [-0.2, -0.15) is 0 Å². The second kappa shape index (κ2) is 6.14. The van der Waals surface area contributed by atoms with E-state index in [1.165, 1.54) is 0 Å². The Morgan fingerprint density at radius 2 is 2.00 bits per heavy atom. The van der Waals surface area contributed by atoms with Crippen molar-refractivity contribution in [3.8, 4) is 11.1 Å². The molecule has 0 fully saturated rings. The molecule has 2 heterocycles. The Balaban J connectivity index is 2.10. The molecule has 5 heteroatoms. The number of aryl methyl sites for hydroxylation is 1. The zero-order valence-corrected chi connectivity index (χ0v) is 13.7. The van der Waals surface area contributed by atoms with Crippen LogP contribution in [0.3, 0.4) is 0 Å². The highest BCUT2D eigenvalue weighted by Gasteiger charge is 2.21. The van der Waals surface area contributed by atoms with E-state index in [2.05, 4.69) is 9.88 Å². The molecule has 122 valence electrons. The van der Waals surface area contributed by atoms with Gasteiger partial charge >= 0.3 is 0 Å². The molecule has 23 heavy (non-hydrogen) atoms. The molecule has 3 rings (SSSR count). The first-order valence-electron chi connectivity index (χ1n) is 7.77. The van der Waals surface area contributed by atoms with Gasteiger partial charge in [0.05, 0.1) is 0 Å². The summed E-state index contributed by atoms with van der Waals surface area (Å²) in [7, 11) is 5.77. The Bertz CT molecular complexity index is 696. The van der Waals surface area contributed by atoms with E-state index in [0.717, 1.165) is 42.0 Å². The van der Waals surface area contributed by atoms with Gasteiger partial charge in [0, 0.05) is 50.7 Å². The highest BCUT2D eigenvalue weighted by molar-refractivity contribution is 5.74. The zero-order valence-electron chi connectivity index (χ0n) is 13.7. The Kier molecular flexibility index (Phi) is 4.20. The van der Waals surface area contributed by atoms with Crippen LogP contribution in [-0.2, 0) is 6.42 Å². The standard InChI is InChI=1S/C18H21F2N3/c1-22(2)17-7-6-13(11-21-17)14-9-12-5-4-8-23(3)16(12)10-15(14)18(19)20/h6-7,9-11,18H,4-5,8H2,1-3H3. The largest absolute Gasteiger partial charge is 0.374 e. The van der Waals surface area contributed by atoms with E-state index < -0.39 is 6.43 Å². The van der Waals surface area contributed by atoms with Gasteiger partial charge in [0.25, 0.3) is 6.43 Å². The quantitative estimate of drug-likeness (QED) is 0.848. The molecule has 1 aromatic carbocycles. The average Bonchev–Trinajstić information content (AvgIpc) is 2.54. The maximum atomic E-state index is 13.6. The molecule has 2 aromatic rings. The number of rotatable bonds is 3. The number of fused-ring (bicyclic) bond motifs is 1. The predicted molar refractivity (Wildman–Crippen MR) is 90.5 cm³/mol. The first-order chi connectivity index (χ1) is 11.0. The van der Waals surface area contributed by atoms with Gasteiger partial charge < -0.3 is 9.80 Å². The molecule has 0 radical (unpaired) electrons. The van der Waals surface area contributed by atoms with Gasteiger partial charge in [-0.1, -0.05) is 0 Å². The lowest BCUT2D eigenvalue weighted by atomic mass is 9.93. The number of alkyl halides is 2. The number of hydrogen-bond donors (Lipinski definition) is 0. The van der Waals surface area contributed by atoms with Gasteiger partial charge in [-0.3, -0.25) is 0 Å². The summed E-state index contributed by atoms with van der Waals surface area (Å²) < 4.78 is 27.1. The van der Waals surface area contributed by atoms with Gasteiger partial charge in [0.2, 0.25) is 0 Å². The summed E-state index contributed by atoms with van der Waals surface area (Å²) in [6, 6.07) is 7.28. The molecule has 0 amide bonds. The Labute approximate surface area is 135 Å². The van der Waals surface area contributed by atoms with Crippen molar-refractivity contribution in [3.05, 3.63) is 41.6 Å². The highest BCUT2D eigenvalue weighted by Crippen LogP contribution is 2.38. The fourth-order valence-electron chi connectivity index (χ4n) is 3.07. The number of halogens is 2. The zero-order chi connectivity index (χ0) is 16.6. The second-order valence-electron chi connectivity index (χ2n) is 6.19. The molecule has 0 spiro atoms. The van der Waals surface area contributed by atoms with E-state index >= 15 is 0 Å². The number of anilines is 2. The molecule has 0 saturated carbocycles. The van der Waals surface area contributed by atoms with Crippen molar-refractivity contribution in [1.29, 1.82) is 0 Å². The van der Waals surface area contributed by atoms with Crippen LogP contribution in [-0.4, -0.2) is 32.7 Å². The van der Waals surface area contributed by atoms with Gasteiger partial charge in [0.15, 0.2) is 0 Å². The summed E-state index contributed by atoms with van der Waals surface area (Å²) in [5.41, 5.74) is 3.47. The van der Waals surface area contributed by atoms with Crippen LogP contribution in [0.1, 0.15) is 24.0 Å². The van der Waals surface area contributed by atoms with E-state index in [9.17, 15) is 8.78 Å². The SMILES string of the molecule is CN(C)c1ccc(-c2cc3c(cc2C(F)F)N(C)CCC3)cn1. The van der Waals surface area contributed by atoms with Crippen LogP contribution >= 0.6 is 0 Å². The summed E-state index contributed by atoms with van der Waals surface area (Å²) >= 11 is 0. The third-order valence-electron chi connectivity index (χ3n) is 4.35. The molecular weight excluding hydrogens is 296 g/mol. The molecule has 1 aromatic heterocycles. The molecule has 0 aliphatic carbocycles. The topological polar surface area (TPSA) is 19.4 Å². The maximum absolute atomic E-state index is 13.6. The lowest BCUT2D eigenvalue weighted by molar-refractivity contribution is 0.152. The van der Waals surface area contributed by atoms with Gasteiger partial charge in [-0.15, -0.1) is 0 Å². The number of nitrogens with zero attached hydrogens (tertiary/aromatic N) is 3. The molecule has 0 N–H and O–H groups in total. The maximum Gasteiger partial charge on any atom is 0.264 e. The normalized spacial score (nSPS) is 14.1. The Hall–Kier alpha value is -2.17. The van der Waals surface area contributed by atoms with Crippen LogP contribution in [0.5, 0.6) is 0 Å². The van der Waals surface area contributed by atoms with Crippen LogP contribution in [0, 0.1) is 0 Å². The van der Waals surface area contributed by atoms with Crippen LogP contribution in [0.15, 0.2) is 30.5 Å². The van der Waals surface area contributed by atoms with Crippen LogP contribution in [0.4, 0.5) is 20.3 Å². The fraction of sp³-hybridized carbons (Fsp3) is 0.389. The minimum atomic E-state index is -2.50. The smallest absolute Gasteiger partial charge is 0.264 e. The van der Waals surface area contributed by atoms with Crippen molar-refractivity contribution < 1.29 is 8.78 Å². The van der Waals surface area contributed by atoms with E-state index in [0.29, 0.717) is 5.56 Å². The molecular formula is C18H21F2N3. The van der Waals surface area contributed by atoms with Crippen molar-refractivity contribution in [3.63, 3.8) is 0 Å². The molecule has 0 saturated heterocycles. The predicted octanol–water partition coefficient (Wildman–Crippen LogP) is 4.13. The number of benzene rings is 1. The van der Waals surface area contributed by atoms with E-state index in [1.54, 1.807) is 12.3 Å². The summed E-state index contributed by atoms with van der Waals surface area (Å²) in [6.07, 6.45) is 1.16. The van der Waals surface area contributed by atoms with Crippen molar-refractivity contribution in [2.75, 3.05) is 37.5 Å². The lowest BCUT2D eigenvalue weighted by Gasteiger charge is -2.29. The van der Waals surface area contributed by atoms with Crippen molar-refractivity contribution >= 4 is 11.5 Å². The summed E-state index contributed by atoms with van der Waals surface area (Å²) in [5, 5.41) is 0. The van der Waals surface area contributed by atoms with E-state index in [-0.39, 0.29) is 5.56 Å². The van der Waals surface area contributed by atoms with Gasteiger partial charge in [-0.25, -0.2) is 13.8 Å². The van der Waals surface area contributed by atoms with Crippen molar-refractivity contribution in [2.24, 2.45) is 0 Å². The van der Waals surface area contributed by atoms with Crippen molar-refractivity contribution in [1.82, 2.24) is 4.98 Å². The van der Waals surface area contributed by atoms with Crippen molar-refractivity contribution in [2.45, 2.75) is 19.3 Å². The summed E-state index contributed by atoms with van der Waals surface area (Å²) in [4.78, 5) is 8.30. The summed E-state index contributed by atoms with van der Waals surface area (Å²) in [5.74, 6) is 0.810. The molecule has 3 nitrogen and oxygen atoms in total. The highest BCUT2D eigenvalue weighted by atomic mass is 19.3. The first kappa shape index (κ1) is 15.7. The van der Waals surface area contributed by atoms with Gasteiger partial charge in [0.1, 0.15) is 5.82 Å². The van der Waals surface area contributed by atoms with Crippen LogP contribution < -0.4 is 9.80 Å². The third kappa shape index (κ3) is 3.00. The van der Waals surface area contributed by atoms with Gasteiger partial charge in [-0.05, 0) is 48.2 Å². The first-order valence-corrected chi connectivity index (χ1v) is 7.77.